The highest BCUT2D eigenvalue weighted by atomic mass is 127. The van der Waals surface area contributed by atoms with Crippen molar-refractivity contribution in [2.75, 3.05) is 20.1 Å². The number of nitrogens with one attached hydrogen (secondary N) is 2. The fourth-order valence-corrected chi connectivity index (χ4v) is 2.41. The van der Waals surface area contributed by atoms with E-state index in [2.05, 4.69) is 65.0 Å². The van der Waals surface area contributed by atoms with Gasteiger partial charge in [-0.05, 0) is 30.4 Å². The summed E-state index contributed by atoms with van der Waals surface area (Å²) in [4.78, 5) is 4.27. The predicted molar refractivity (Wildman–Crippen MR) is 111 cm³/mol. The smallest absolute Gasteiger partial charge is 0.190 e. The van der Waals surface area contributed by atoms with Gasteiger partial charge in [0.15, 0.2) is 5.96 Å². The first-order valence-electron chi connectivity index (χ1n) is 8.17. The summed E-state index contributed by atoms with van der Waals surface area (Å²) in [6.07, 6.45) is 4.96. The van der Waals surface area contributed by atoms with Gasteiger partial charge in [0.1, 0.15) is 0 Å². The molecule has 0 aliphatic carbocycles. The maximum atomic E-state index is 4.29. The van der Waals surface area contributed by atoms with Crippen LogP contribution in [0.2, 0.25) is 0 Å². The predicted octanol–water partition coefficient (Wildman–Crippen LogP) is 3.17. The molecule has 132 valence electrons. The van der Waals surface area contributed by atoms with Crippen LogP contribution in [0.4, 0.5) is 0 Å². The molecule has 0 saturated carbocycles. The molecule has 1 unspecified atom stereocenters. The van der Waals surface area contributed by atoms with Gasteiger partial charge < -0.3 is 10.6 Å². The number of halogens is 1. The highest BCUT2D eigenvalue weighted by Gasteiger charge is 2.05. The van der Waals surface area contributed by atoms with Gasteiger partial charge in [0.25, 0.3) is 0 Å². The van der Waals surface area contributed by atoms with Crippen LogP contribution in [0.5, 0.6) is 0 Å². The van der Waals surface area contributed by atoms with Crippen LogP contribution in [0.15, 0.2) is 47.7 Å². The van der Waals surface area contributed by atoms with Crippen molar-refractivity contribution in [3.63, 3.8) is 0 Å². The molecule has 0 fully saturated rings. The molecule has 2 N–H and O–H groups in total. The molecule has 24 heavy (non-hydrogen) atoms. The lowest BCUT2D eigenvalue weighted by atomic mass is 10.0. The van der Waals surface area contributed by atoms with E-state index in [1.165, 1.54) is 11.1 Å². The van der Waals surface area contributed by atoms with Crippen LogP contribution in [-0.4, -0.2) is 35.9 Å². The molecule has 0 amide bonds. The standard InChI is InChI=1S/C18H27N5.HI/c1-15-12-22-23(14-15)11-7-10-20-18(19-3)21-13-16(2)17-8-5-4-6-9-17;/h4-6,8-9,12,14,16H,7,10-11,13H2,1-3H3,(H2,19,20,21);1H. The van der Waals surface area contributed by atoms with E-state index >= 15 is 0 Å². The first-order chi connectivity index (χ1) is 11.2. The van der Waals surface area contributed by atoms with Crippen LogP contribution in [0.1, 0.15) is 30.4 Å². The topological polar surface area (TPSA) is 54.2 Å². The molecule has 5 nitrogen and oxygen atoms in total. The van der Waals surface area contributed by atoms with Crippen molar-refractivity contribution in [1.82, 2.24) is 20.4 Å². The van der Waals surface area contributed by atoms with E-state index in [-0.39, 0.29) is 24.0 Å². The third-order valence-electron chi connectivity index (χ3n) is 3.79. The number of nitrogens with zero attached hydrogens (tertiary/aromatic N) is 3. The summed E-state index contributed by atoms with van der Waals surface area (Å²) in [5.41, 5.74) is 2.54. The van der Waals surface area contributed by atoms with Crippen molar-refractivity contribution in [2.24, 2.45) is 4.99 Å². The number of benzene rings is 1. The van der Waals surface area contributed by atoms with Gasteiger partial charge in [-0.3, -0.25) is 9.67 Å². The van der Waals surface area contributed by atoms with Crippen LogP contribution in [-0.2, 0) is 6.54 Å². The number of rotatable bonds is 7. The zero-order chi connectivity index (χ0) is 16.5. The zero-order valence-electron chi connectivity index (χ0n) is 14.7. The second kappa shape index (κ2) is 11.1. The van der Waals surface area contributed by atoms with Crippen LogP contribution in [0.3, 0.4) is 0 Å². The molecule has 6 heteroatoms. The molecule has 0 bridgehead atoms. The highest BCUT2D eigenvalue weighted by molar-refractivity contribution is 14.0. The van der Waals surface area contributed by atoms with Gasteiger partial charge >= 0.3 is 0 Å². The average molecular weight is 441 g/mol. The fourth-order valence-electron chi connectivity index (χ4n) is 2.41. The molecule has 1 aromatic carbocycles. The second-order valence-corrected chi connectivity index (χ2v) is 5.83. The number of hydrogen-bond acceptors (Lipinski definition) is 2. The van der Waals surface area contributed by atoms with E-state index in [1.807, 2.05) is 16.9 Å². The number of aryl methyl sites for hydroxylation is 2. The second-order valence-electron chi connectivity index (χ2n) is 5.83. The lowest BCUT2D eigenvalue weighted by Gasteiger charge is -2.16. The van der Waals surface area contributed by atoms with Gasteiger partial charge in [0, 0.05) is 32.9 Å². The first-order valence-corrected chi connectivity index (χ1v) is 8.17. The lowest BCUT2D eigenvalue weighted by Crippen LogP contribution is -2.39. The van der Waals surface area contributed by atoms with Crippen molar-refractivity contribution in [1.29, 1.82) is 0 Å². The summed E-state index contributed by atoms with van der Waals surface area (Å²) in [6.45, 7) is 6.93. The van der Waals surface area contributed by atoms with E-state index < -0.39 is 0 Å². The zero-order valence-corrected chi connectivity index (χ0v) is 17.0. The minimum atomic E-state index is 0. The third-order valence-corrected chi connectivity index (χ3v) is 3.79. The molecule has 2 rings (SSSR count). The van der Waals surface area contributed by atoms with Crippen LogP contribution in [0.25, 0.3) is 0 Å². The van der Waals surface area contributed by atoms with Gasteiger partial charge in [0.2, 0.25) is 0 Å². The maximum Gasteiger partial charge on any atom is 0.190 e. The molecule has 2 aromatic rings. The Bertz CT molecular complexity index is 609. The molecular formula is C18H28IN5. The molecule has 1 heterocycles. The summed E-state index contributed by atoms with van der Waals surface area (Å²) in [5, 5.41) is 11.0. The molecule has 1 aromatic heterocycles. The van der Waals surface area contributed by atoms with Crippen LogP contribution >= 0.6 is 24.0 Å². The summed E-state index contributed by atoms with van der Waals surface area (Å²) >= 11 is 0. The number of hydrogen-bond donors (Lipinski definition) is 2. The van der Waals surface area contributed by atoms with Gasteiger partial charge in [0.05, 0.1) is 6.20 Å². The minimum absolute atomic E-state index is 0. The molecule has 0 aliphatic heterocycles. The van der Waals surface area contributed by atoms with Gasteiger partial charge in [-0.1, -0.05) is 37.3 Å². The Morgan fingerprint density at radius 2 is 2.00 bits per heavy atom. The Morgan fingerprint density at radius 1 is 1.25 bits per heavy atom. The molecule has 0 radical (unpaired) electrons. The van der Waals surface area contributed by atoms with Gasteiger partial charge in [-0.15, -0.1) is 24.0 Å². The Kier molecular flexibility index (Phi) is 9.44. The quantitative estimate of drug-likeness (QED) is 0.301. The normalized spacial score (nSPS) is 12.4. The highest BCUT2D eigenvalue weighted by Crippen LogP contribution is 2.12. The van der Waals surface area contributed by atoms with E-state index in [4.69, 9.17) is 0 Å². The Morgan fingerprint density at radius 3 is 2.62 bits per heavy atom. The number of aromatic nitrogens is 2. The number of aliphatic imine (C=N–C) groups is 1. The van der Waals surface area contributed by atoms with Crippen LogP contribution < -0.4 is 10.6 Å². The fraction of sp³-hybridized carbons (Fsp3) is 0.444. The largest absolute Gasteiger partial charge is 0.356 e. The van der Waals surface area contributed by atoms with Crippen molar-refractivity contribution in [3.05, 3.63) is 53.9 Å². The van der Waals surface area contributed by atoms with Crippen molar-refractivity contribution in [2.45, 2.75) is 32.7 Å². The minimum Gasteiger partial charge on any atom is -0.356 e. The van der Waals surface area contributed by atoms with E-state index in [9.17, 15) is 0 Å². The van der Waals surface area contributed by atoms with Crippen molar-refractivity contribution in [3.8, 4) is 0 Å². The average Bonchev–Trinajstić information content (AvgIpc) is 3.00. The van der Waals surface area contributed by atoms with E-state index in [0.29, 0.717) is 5.92 Å². The summed E-state index contributed by atoms with van der Waals surface area (Å²) in [6, 6.07) is 10.5. The van der Waals surface area contributed by atoms with Crippen molar-refractivity contribution >= 4 is 29.9 Å². The molecule has 1 atom stereocenters. The first kappa shape index (κ1) is 20.5. The summed E-state index contributed by atoms with van der Waals surface area (Å²) in [7, 11) is 1.80. The molecular weight excluding hydrogens is 413 g/mol. The lowest BCUT2D eigenvalue weighted by molar-refractivity contribution is 0.569. The maximum absolute atomic E-state index is 4.29. The van der Waals surface area contributed by atoms with Gasteiger partial charge in [-0.25, -0.2) is 0 Å². The Labute approximate surface area is 162 Å². The summed E-state index contributed by atoms with van der Waals surface area (Å²) < 4.78 is 1.98. The summed E-state index contributed by atoms with van der Waals surface area (Å²) in [5.74, 6) is 1.30. The monoisotopic (exact) mass is 441 g/mol. The SMILES string of the molecule is CN=C(NCCCn1cc(C)cn1)NCC(C)c1ccccc1.I. The van der Waals surface area contributed by atoms with Gasteiger partial charge in [-0.2, -0.15) is 5.10 Å². The molecule has 0 aliphatic rings. The number of guanidine groups is 1. The van der Waals surface area contributed by atoms with E-state index in [1.54, 1.807) is 7.05 Å². The van der Waals surface area contributed by atoms with Crippen molar-refractivity contribution < 1.29 is 0 Å². The van der Waals surface area contributed by atoms with Crippen LogP contribution in [0, 0.1) is 6.92 Å². The molecule has 0 saturated heterocycles. The Balaban J connectivity index is 0.00000288. The van der Waals surface area contributed by atoms with E-state index in [0.717, 1.165) is 32.0 Å². The Hall–Kier alpha value is -1.57. The third kappa shape index (κ3) is 6.90. The molecule has 0 spiro atoms.